The first-order valence-corrected chi connectivity index (χ1v) is 24.0. The van der Waals surface area contributed by atoms with Gasteiger partial charge in [0.15, 0.2) is 11.5 Å². The Morgan fingerprint density at radius 3 is 2.30 bits per heavy atom. The zero-order valence-corrected chi connectivity index (χ0v) is 38.1. The van der Waals surface area contributed by atoms with E-state index in [1.807, 2.05) is 42.2 Å². The number of ether oxygens (including phenoxy) is 5. The van der Waals surface area contributed by atoms with Gasteiger partial charge < -0.3 is 43.6 Å². The van der Waals surface area contributed by atoms with E-state index in [0.29, 0.717) is 62.7 Å². The van der Waals surface area contributed by atoms with E-state index in [1.54, 1.807) is 12.2 Å². The summed E-state index contributed by atoms with van der Waals surface area (Å²) in [6.07, 6.45) is 21.8. The Bertz CT molecular complexity index is 1850. The van der Waals surface area contributed by atoms with E-state index in [4.69, 9.17) is 33.7 Å². The van der Waals surface area contributed by atoms with E-state index in [0.717, 1.165) is 73.1 Å². The smallest absolute Gasteiger partial charge is 0.239 e. The highest BCUT2D eigenvalue weighted by atomic mass is 16.7. The molecule has 2 aliphatic carbocycles. The molecule has 4 aliphatic rings. The lowest BCUT2D eigenvalue weighted by Gasteiger charge is -2.60. The van der Waals surface area contributed by atoms with Gasteiger partial charge in [-0.25, -0.2) is 0 Å². The van der Waals surface area contributed by atoms with E-state index in [9.17, 15) is 10.2 Å². The van der Waals surface area contributed by atoms with Crippen molar-refractivity contribution in [3.05, 3.63) is 84.5 Å². The minimum Gasteiger partial charge on any atom is -0.490 e. The van der Waals surface area contributed by atoms with Crippen LogP contribution >= 0.6 is 0 Å². The number of benzene rings is 2. The van der Waals surface area contributed by atoms with E-state index in [1.165, 1.54) is 38.5 Å². The van der Waals surface area contributed by atoms with Gasteiger partial charge in [-0.05, 0) is 92.3 Å². The predicted molar refractivity (Wildman–Crippen MR) is 247 cm³/mol. The summed E-state index contributed by atoms with van der Waals surface area (Å²) in [5, 5.41) is 24.7. The Balaban J connectivity index is 1.48. The molecule has 2 heterocycles. The summed E-state index contributed by atoms with van der Waals surface area (Å²) in [6.45, 7) is 13.8. The van der Waals surface area contributed by atoms with Gasteiger partial charge in [-0.15, -0.1) is 6.58 Å². The monoisotopic (exact) mass is 871 g/mol. The highest BCUT2D eigenvalue weighted by Crippen LogP contribution is 2.62. The molecule has 1 saturated carbocycles. The van der Waals surface area contributed by atoms with Crippen LogP contribution in [0.1, 0.15) is 140 Å². The third-order valence-corrected chi connectivity index (χ3v) is 13.3. The number of aliphatic hydroxyl groups excluding tert-OH is 2. The molecule has 0 spiro atoms. The van der Waals surface area contributed by atoms with Crippen molar-refractivity contribution in [2.24, 2.45) is 22.9 Å². The minimum atomic E-state index is -1.35. The summed E-state index contributed by atoms with van der Waals surface area (Å²) in [6, 6.07) is 11.3. The molecule has 2 N–H and O–H groups in total. The summed E-state index contributed by atoms with van der Waals surface area (Å²) in [7, 11) is 0. The number of nitrogens with zero attached hydrogens (tertiary/aromatic N) is 2. The molecule has 1 fully saturated rings. The van der Waals surface area contributed by atoms with E-state index < -0.39 is 17.7 Å². The van der Waals surface area contributed by atoms with Crippen LogP contribution in [0.3, 0.4) is 0 Å². The summed E-state index contributed by atoms with van der Waals surface area (Å²) in [5.41, 5.74) is 3.73. The molecule has 6 atom stereocenters. The van der Waals surface area contributed by atoms with Crippen molar-refractivity contribution in [3.63, 3.8) is 0 Å². The number of carbonyl (C=O) groups excluding carboxylic acids is 1. The molecule has 0 bridgehead atoms. The van der Waals surface area contributed by atoms with Crippen LogP contribution in [0.4, 0.5) is 0 Å². The first-order valence-electron chi connectivity index (χ1n) is 24.0. The van der Waals surface area contributed by atoms with Gasteiger partial charge in [-0.1, -0.05) is 107 Å². The van der Waals surface area contributed by atoms with Crippen molar-refractivity contribution >= 4 is 11.6 Å². The molecule has 2 aromatic carbocycles. The number of carbonyl (C=O) groups is 1. The van der Waals surface area contributed by atoms with Crippen molar-refractivity contribution < 1.29 is 43.5 Å². The van der Waals surface area contributed by atoms with Crippen molar-refractivity contribution in [1.29, 1.82) is 0 Å². The second-order valence-electron chi connectivity index (χ2n) is 17.6. The molecule has 1 amide bonds. The van der Waals surface area contributed by atoms with Crippen LogP contribution in [-0.2, 0) is 20.9 Å². The Hall–Kier alpha value is -4.32. The number of unbranched alkanes of at least 4 members (excludes halogenated alkanes) is 10. The average Bonchev–Trinajstić information content (AvgIpc) is 3.77. The number of rotatable bonds is 29. The Morgan fingerprint density at radius 2 is 1.57 bits per heavy atom. The minimum absolute atomic E-state index is 0.0293. The maximum Gasteiger partial charge on any atom is 0.239 e. The Kier molecular flexibility index (Phi) is 18.8. The quantitative estimate of drug-likeness (QED) is 0.0466. The fourth-order valence-electron chi connectivity index (χ4n) is 10.4. The van der Waals surface area contributed by atoms with Crippen LogP contribution in [0.25, 0.3) is 0 Å². The van der Waals surface area contributed by atoms with Gasteiger partial charge in [0.25, 0.3) is 0 Å². The molecule has 2 aromatic rings. The number of aliphatic hydroxyl groups is 2. The maximum absolute atomic E-state index is 15.2. The number of hydrogen-bond donors (Lipinski definition) is 2. The van der Waals surface area contributed by atoms with Gasteiger partial charge >= 0.3 is 0 Å². The Labute approximate surface area is 376 Å². The lowest BCUT2D eigenvalue weighted by atomic mass is 9.55. The lowest BCUT2D eigenvalue weighted by Crippen LogP contribution is -2.70. The summed E-state index contributed by atoms with van der Waals surface area (Å²) < 4.78 is 32.3. The molecule has 0 aromatic heterocycles. The molecule has 63 heavy (non-hydrogen) atoms. The predicted octanol–water partition coefficient (Wildman–Crippen LogP) is 10.6. The number of fused-ring (bicyclic) bond motifs is 3. The fraction of sp³-hybridized carbons (Fsp3) is 0.615. The number of allylic oxidation sites excluding steroid dienone is 1. The molecule has 0 unspecified atom stereocenters. The second kappa shape index (κ2) is 24.7. The number of oxime groups is 1. The van der Waals surface area contributed by atoms with E-state index >= 15 is 4.79 Å². The third kappa shape index (κ3) is 11.9. The Morgan fingerprint density at radius 1 is 0.857 bits per heavy atom. The van der Waals surface area contributed by atoms with Crippen molar-refractivity contribution in [1.82, 2.24) is 4.90 Å². The zero-order valence-electron chi connectivity index (χ0n) is 38.1. The highest BCUT2D eigenvalue weighted by Gasteiger charge is 2.65. The van der Waals surface area contributed by atoms with Gasteiger partial charge in [-0.2, -0.15) is 0 Å². The van der Waals surface area contributed by atoms with Crippen LogP contribution in [0.2, 0.25) is 0 Å². The van der Waals surface area contributed by atoms with Crippen LogP contribution in [-0.4, -0.2) is 78.4 Å². The van der Waals surface area contributed by atoms with Gasteiger partial charge in [0.2, 0.25) is 18.5 Å². The van der Waals surface area contributed by atoms with Gasteiger partial charge in [0.1, 0.15) is 30.8 Å². The van der Waals surface area contributed by atoms with Crippen molar-refractivity contribution in [3.8, 4) is 23.0 Å². The molecule has 11 nitrogen and oxygen atoms in total. The molecule has 0 saturated heterocycles. The molecular formula is C52H74N2O9. The molecular weight excluding hydrogens is 797 g/mol. The fourth-order valence-corrected chi connectivity index (χ4v) is 10.4. The molecule has 2 aliphatic heterocycles. The summed E-state index contributed by atoms with van der Waals surface area (Å²) in [5.74, 6) is 1.14. The van der Waals surface area contributed by atoms with Crippen LogP contribution in [0, 0.1) is 17.8 Å². The molecule has 6 rings (SSSR count). The van der Waals surface area contributed by atoms with Gasteiger partial charge in [0.05, 0.1) is 18.2 Å². The summed E-state index contributed by atoms with van der Waals surface area (Å²) >= 11 is 0. The van der Waals surface area contributed by atoms with Crippen LogP contribution < -0.4 is 18.9 Å². The van der Waals surface area contributed by atoms with E-state index in [-0.39, 0.29) is 50.3 Å². The number of amides is 1. The first kappa shape index (κ1) is 48.1. The topological polar surface area (TPSA) is 129 Å². The standard InChI is InChI=1S/C52H74N2O9/c1-5-9-10-11-12-13-14-15-16-23-49(57)54(36-38-24-26-46-47(32-38)60-37-59-46)48-35-44(53-62-8-4)42-33-39(21-17-19-28-55)41(22-18-20-29-56)50-43-34-40(58-30-6-2)25-27-45(43)63-52(48,51(42)50)61-31-7-3/h6-7,24-27,32-34,39,41,48,50-51,55-56H,2-3,5,8-23,28-31,35-37H2,1,4H3/t39-,41+,48-,50+,51+,52+/m0/s1. The van der Waals surface area contributed by atoms with Crippen LogP contribution in [0.15, 0.2) is 78.5 Å². The van der Waals surface area contributed by atoms with Gasteiger partial charge in [0, 0.05) is 44.1 Å². The normalized spacial score (nSPS) is 23.6. The molecule has 11 heteroatoms. The molecule has 0 radical (unpaired) electrons. The summed E-state index contributed by atoms with van der Waals surface area (Å²) in [4.78, 5) is 23.1. The number of hydrogen-bond acceptors (Lipinski definition) is 10. The van der Waals surface area contributed by atoms with E-state index in [2.05, 4.69) is 32.2 Å². The largest absolute Gasteiger partial charge is 0.490 e. The van der Waals surface area contributed by atoms with Crippen LogP contribution in [0.5, 0.6) is 23.0 Å². The third-order valence-electron chi connectivity index (χ3n) is 13.3. The molecule has 346 valence electrons. The van der Waals surface area contributed by atoms with Gasteiger partial charge in [-0.3, -0.25) is 4.79 Å². The lowest BCUT2D eigenvalue weighted by molar-refractivity contribution is -0.258. The SMILES string of the molecule is C=CCOc1ccc2c(c1)[C@H]1[C@H](CCCCO)[C@@H](CCCCO)C=C3C(=NOCC)C[C@H](N(Cc4ccc5c(c4)OCO5)C(=O)CCCCCCCCCCC)[C@@](OCC=C)(O2)[C@H]31. The maximum atomic E-state index is 15.2. The van der Waals surface area contributed by atoms with Crippen molar-refractivity contribution in [2.75, 3.05) is 39.8 Å². The first-order chi connectivity index (χ1) is 30.9. The second-order valence-corrected chi connectivity index (χ2v) is 17.6. The zero-order chi connectivity index (χ0) is 44.4. The average molecular weight is 871 g/mol. The van der Waals surface area contributed by atoms with Crippen molar-refractivity contribution in [2.45, 2.75) is 147 Å². The highest BCUT2D eigenvalue weighted by molar-refractivity contribution is 6.03.